The van der Waals surface area contributed by atoms with Crippen LogP contribution in [-0.4, -0.2) is 48.1 Å². The summed E-state index contributed by atoms with van der Waals surface area (Å²) in [6.07, 6.45) is 5.35. The molecule has 0 aromatic carbocycles. The molecule has 6 nitrogen and oxygen atoms in total. The van der Waals surface area contributed by atoms with Crippen molar-refractivity contribution in [2.45, 2.75) is 51.2 Å². The number of hydrogen-bond acceptors (Lipinski definition) is 4. The normalized spacial score (nSPS) is 25.1. The molecule has 2 aliphatic rings. The zero-order valence-electron chi connectivity index (χ0n) is 13.1. The maximum Gasteiger partial charge on any atom is 0.272 e. The van der Waals surface area contributed by atoms with Crippen molar-refractivity contribution in [3.05, 3.63) is 17.5 Å². The molecule has 0 radical (unpaired) electrons. The molecule has 2 N–H and O–H groups in total. The predicted molar refractivity (Wildman–Crippen MR) is 81.7 cm³/mol. The van der Waals surface area contributed by atoms with Gasteiger partial charge in [-0.2, -0.15) is 5.10 Å². The first-order chi connectivity index (χ1) is 10.8. The van der Waals surface area contributed by atoms with Crippen LogP contribution in [0.2, 0.25) is 0 Å². The van der Waals surface area contributed by atoms with E-state index in [0.717, 1.165) is 37.5 Å². The van der Waals surface area contributed by atoms with Crippen molar-refractivity contribution in [3.8, 4) is 0 Å². The lowest BCUT2D eigenvalue weighted by Crippen LogP contribution is -2.50. The van der Waals surface area contributed by atoms with Gasteiger partial charge in [-0.25, -0.2) is 0 Å². The second kappa shape index (κ2) is 7.24. The van der Waals surface area contributed by atoms with Crippen LogP contribution < -0.4 is 5.32 Å². The van der Waals surface area contributed by atoms with Gasteiger partial charge in [-0.15, -0.1) is 0 Å². The van der Waals surface area contributed by atoms with E-state index in [2.05, 4.69) is 22.4 Å². The first-order valence-electron chi connectivity index (χ1n) is 8.30. The summed E-state index contributed by atoms with van der Waals surface area (Å²) in [5.74, 6) is 0.566. The van der Waals surface area contributed by atoms with E-state index in [1.54, 1.807) is 0 Å². The second-order valence-corrected chi connectivity index (χ2v) is 6.29. The predicted octanol–water partition coefficient (Wildman–Crippen LogP) is 1.68. The number of carbonyl (C=O) groups excluding carboxylic acids is 1. The molecule has 1 aromatic heterocycles. The van der Waals surface area contributed by atoms with Crippen LogP contribution in [0.1, 0.15) is 48.8 Å². The minimum Gasteiger partial charge on any atom is -0.379 e. The van der Waals surface area contributed by atoms with Crippen LogP contribution in [0.25, 0.3) is 0 Å². The highest BCUT2D eigenvalue weighted by atomic mass is 16.5. The molecular weight excluding hydrogens is 282 g/mol. The van der Waals surface area contributed by atoms with Crippen LogP contribution in [0.4, 0.5) is 0 Å². The molecule has 2 fully saturated rings. The number of amides is 1. The average Bonchev–Trinajstić information content (AvgIpc) is 3.24. The Kier molecular flexibility index (Phi) is 5.10. The zero-order valence-corrected chi connectivity index (χ0v) is 13.1. The highest BCUT2D eigenvalue weighted by Crippen LogP contribution is 2.30. The largest absolute Gasteiger partial charge is 0.379 e. The van der Waals surface area contributed by atoms with Crippen molar-refractivity contribution in [2.75, 3.05) is 19.8 Å². The number of ether oxygens (including phenoxy) is 2. The summed E-state index contributed by atoms with van der Waals surface area (Å²) < 4.78 is 11.5. The molecule has 22 heavy (non-hydrogen) atoms. The summed E-state index contributed by atoms with van der Waals surface area (Å²) in [5.41, 5.74) is 1.43. The van der Waals surface area contributed by atoms with Crippen molar-refractivity contribution in [2.24, 2.45) is 5.92 Å². The Balaban J connectivity index is 1.54. The van der Waals surface area contributed by atoms with E-state index in [1.807, 2.05) is 6.07 Å². The van der Waals surface area contributed by atoms with Gasteiger partial charge in [-0.3, -0.25) is 9.89 Å². The summed E-state index contributed by atoms with van der Waals surface area (Å²) >= 11 is 0. The Morgan fingerprint density at radius 3 is 3.14 bits per heavy atom. The van der Waals surface area contributed by atoms with Crippen molar-refractivity contribution in [1.29, 1.82) is 0 Å². The van der Waals surface area contributed by atoms with Gasteiger partial charge < -0.3 is 14.8 Å². The summed E-state index contributed by atoms with van der Waals surface area (Å²) in [5, 5.41) is 10.0. The molecule has 1 aliphatic heterocycles. The van der Waals surface area contributed by atoms with Crippen molar-refractivity contribution < 1.29 is 14.3 Å². The van der Waals surface area contributed by atoms with Gasteiger partial charge in [-0.05, 0) is 37.7 Å². The molecule has 1 amide bonds. The summed E-state index contributed by atoms with van der Waals surface area (Å²) in [6, 6.07) is 1.73. The number of hydrogen-bond donors (Lipinski definition) is 2. The lowest BCUT2D eigenvalue weighted by atomic mass is 10.1. The molecule has 1 aliphatic carbocycles. The van der Waals surface area contributed by atoms with Crippen LogP contribution in [0.15, 0.2) is 6.07 Å². The fourth-order valence-corrected chi connectivity index (χ4v) is 2.71. The number of H-pyrrole nitrogens is 1. The molecule has 122 valence electrons. The topological polar surface area (TPSA) is 76.2 Å². The van der Waals surface area contributed by atoms with E-state index in [4.69, 9.17) is 9.47 Å². The van der Waals surface area contributed by atoms with Crippen LogP contribution in [-0.2, 0) is 15.9 Å². The maximum atomic E-state index is 12.3. The van der Waals surface area contributed by atoms with Crippen LogP contribution in [0.3, 0.4) is 0 Å². The Labute approximate surface area is 130 Å². The highest BCUT2D eigenvalue weighted by Gasteiger charge is 2.31. The summed E-state index contributed by atoms with van der Waals surface area (Å²) in [7, 11) is 0. The van der Waals surface area contributed by atoms with Gasteiger partial charge in [0.2, 0.25) is 0 Å². The Bertz CT molecular complexity index is 499. The minimum atomic E-state index is -0.158. The Morgan fingerprint density at radius 1 is 1.50 bits per heavy atom. The van der Waals surface area contributed by atoms with Crippen molar-refractivity contribution in [1.82, 2.24) is 15.5 Å². The van der Waals surface area contributed by atoms with E-state index in [0.29, 0.717) is 18.9 Å². The monoisotopic (exact) mass is 307 g/mol. The molecule has 0 unspecified atom stereocenters. The third-order valence-electron chi connectivity index (χ3n) is 4.24. The van der Waals surface area contributed by atoms with Gasteiger partial charge in [0.25, 0.3) is 5.91 Å². The van der Waals surface area contributed by atoms with E-state index in [1.165, 1.54) is 12.8 Å². The van der Waals surface area contributed by atoms with Gasteiger partial charge >= 0.3 is 0 Å². The van der Waals surface area contributed by atoms with Gasteiger partial charge in [0.15, 0.2) is 0 Å². The molecule has 6 heteroatoms. The summed E-state index contributed by atoms with van der Waals surface area (Å²) in [4.78, 5) is 12.3. The smallest absolute Gasteiger partial charge is 0.272 e. The first kappa shape index (κ1) is 15.5. The number of aromatic nitrogens is 2. The minimum absolute atomic E-state index is 0.0485. The first-order valence-corrected chi connectivity index (χ1v) is 8.30. The molecule has 1 aromatic rings. The third-order valence-corrected chi connectivity index (χ3v) is 4.24. The standard InChI is InChI=1S/C16H25N3O3/c1-2-3-12-8-13(19-18-12)16(20)17-14-10-21-7-6-15(14)22-9-11-4-5-11/h8,11,14-15H,2-7,9-10H2,1H3,(H,17,20)(H,18,19)/t14-,15+/m1/s1. The maximum absolute atomic E-state index is 12.3. The molecule has 0 bridgehead atoms. The van der Waals surface area contributed by atoms with Gasteiger partial charge in [-0.1, -0.05) is 13.3 Å². The molecule has 0 spiro atoms. The molecule has 2 heterocycles. The van der Waals surface area contributed by atoms with Gasteiger partial charge in [0.1, 0.15) is 5.69 Å². The molecule has 1 saturated carbocycles. The number of rotatable bonds is 7. The van der Waals surface area contributed by atoms with Crippen molar-refractivity contribution >= 4 is 5.91 Å². The van der Waals surface area contributed by atoms with Crippen LogP contribution >= 0.6 is 0 Å². The molecule has 1 saturated heterocycles. The second-order valence-electron chi connectivity index (χ2n) is 6.29. The molecule has 2 atom stereocenters. The van der Waals surface area contributed by atoms with E-state index in [9.17, 15) is 4.79 Å². The average molecular weight is 307 g/mol. The third kappa shape index (κ3) is 4.08. The number of aryl methyl sites for hydroxylation is 1. The number of carbonyl (C=O) groups is 1. The fourth-order valence-electron chi connectivity index (χ4n) is 2.71. The van der Waals surface area contributed by atoms with E-state index >= 15 is 0 Å². The van der Waals surface area contributed by atoms with Crippen LogP contribution in [0.5, 0.6) is 0 Å². The number of nitrogens with one attached hydrogen (secondary N) is 2. The van der Waals surface area contributed by atoms with Crippen LogP contribution in [0, 0.1) is 5.92 Å². The SMILES string of the molecule is CCCc1cc(C(=O)N[C@@H]2COCC[C@@H]2OCC2CC2)n[nH]1. The lowest BCUT2D eigenvalue weighted by molar-refractivity contribution is -0.0567. The Hall–Kier alpha value is -1.40. The Morgan fingerprint density at radius 2 is 2.36 bits per heavy atom. The summed E-state index contributed by atoms with van der Waals surface area (Å²) in [6.45, 7) is 4.11. The van der Waals surface area contributed by atoms with E-state index in [-0.39, 0.29) is 18.1 Å². The lowest BCUT2D eigenvalue weighted by Gasteiger charge is -2.32. The molecular formula is C16H25N3O3. The molecule has 3 rings (SSSR count). The highest BCUT2D eigenvalue weighted by molar-refractivity contribution is 5.92. The van der Waals surface area contributed by atoms with Gasteiger partial charge in [0, 0.05) is 18.9 Å². The van der Waals surface area contributed by atoms with E-state index < -0.39 is 0 Å². The number of nitrogens with zero attached hydrogens (tertiary/aromatic N) is 1. The fraction of sp³-hybridized carbons (Fsp3) is 0.750. The van der Waals surface area contributed by atoms with Crippen molar-refractivity contribution in [3.63, 3.8) is 0 Å². The zero-order chi connectivity index (χ0) is 15.4. The quantitative estimate of drug-likeness (QED) is 0.803. The van der Waals surface area contributed by atoms with Gasteiger partial charge in [0.05, 0.1) is 18.8 Å². The number of aromatic amines is 1.